The SMILES string of the molecule is CN=C(NCC1CCOC1)NC1CN(C2CC2)CC1C.I. The van der Waals surface area contributed by atoms with Gasteiger partial charge in [0.1, 0.15) is 0 Å². The maximum Gasteiger partial charge on any atom is 0.191 e. The third-order valence-corrected chi connectivity index (χ3v) is 4.83. The van der Waals surface area contributed by atoms with Gasteiger partial charge in [0.05, 0.1) is 6.61 Å². The molecule has 3 rings (SSSR count). The van der Waals surface area contributed by atoms with Gasteiger partial charge in [-0.15, -0.1) is 24.0 Å². The van der Waals surface area contributed by atoms with Gasteiger partial charge in [-0.25, -0.2) is 0 Å². The molecule has 122 valence electrons. The molecule has 0 spiro atoms. The van der Waals surface area contributed by atoms with Crippen LogP contribution in [0, 0.1) is 11.8 Å². The zero-order valence-electron chi connectivity index (χ0n) is 13.2. The van der Waals surface area contributed by atoms with Crippen molar-refractivity contribution in [2.24, 2.45) is 16.8 Å². The summed E-state index contributed by atoms with van der Waals surface area (Å²) in [6.07, 6.45) is 3.96. The van der Waals surface area contributed by atoms with E-state index in [2.05, 4.69) is 27.4 Å². The fourth-order valence-corrected chi connectivity index (χ4v) is 3.29. The Bertz CT molecular complexity index is 356. The van der Waals surface area contributed by atoms with Crippen LogP contribution in [-0.2, 0) is 4.74 Å². The highest BCUT2D eigenvalue weighted by atomic mass is 127. The predicted octanol–water partition coefficient (Wildman–Crippen LogP) is 1.29. The lowest BCUT2D eigenvalue weighted by molar-refractivity contribution is 0.186. The summed E-state index contributed by atoms with van der Waals surface area (Å²) in [5, 5.41) is 7.07. The minimum atomic E-state index is 0. The van der Waals surface area contributed by atoms with Crippen LogP contribution in [0.5, 0.6) is 0 Å². The lowest BCUT2D eigenvalue weighted by atomic mass is 10.1. The van der Waals surface area contributed by atoms with E-state index in [1.165, 1.54) is 32.4 Å². The Morgan fingerprint density at radius 3 is 2.71 bits per heavy atom. The summed E-state index contributed by atoms with van der Waals surface area (Å²) < 4.78 is 5.41. The molecule has 0 amide bonds. The Morgan fingerprint density at radius 1 is 1.29 bits per heavy atom. The van der Waals surface area contributed by atoms with Gasteiger partial charge in [-0.05, 0) is 25.2 Å². The van der Waals surface area contributed by atoms with Gasteiger partial charge in [0.2, 0.25) is 0 Å². The van der Waals surface area contributed by atoms with Gasteiger partial charge < -0.3 is 15.4 Å². The van der Waals surface area contributed by atoms with Crippen molar-refractivity contribution in [3.8, 4) is 0 Å². The molecule has 2 N–H and O–H groups in total. The van der Waals surface area contributed by atoms with E-state index in [9.17, 15) is 0 Å². The Morgan fingerprint density at radius 2 is 2.10 bits per heavy atom. The van der Waals surface area contributed by atoms with Crippen molar-refractivity contribution in [1.29, 1.82) is 0 Å². The van der Waals surface area contributed by atoms with E-state index in [-0.39, 0.29) is 24.0 Å². The van der Waals surface area contributed by atoms with Crippen molar-refractivity contribution in [2.75, 3.05) is 39.9 Å². The van der Waals surface area contributed by atoms with Gasteiger partial charge in [0.25, 0.3) is 0 Å². The van der Waals surface area contributed by atoms with Crippen molar-refractivity contribution in [3.05, 3.63) is 0 Å². The third-order valence-electron chi connectivity index (χ3n) is 4.83. The van der Waals surface area contributed by atoms with Gasteiger partial charge in [0, 0.05) is 51.3 Å². The number of nitrogens with zero attached hydrogens (tertiary/aromatic N) is 2. The van der Waals surface area contributed by atoms with Crippen molar-refractivity contribution >= 4 is 29.9 Å². The van der Waals surface area contributed by atoms with Crippen LogP contribution in [0.4, 0.5) is 0 Å². The number of hydrogen-bond acceptors (Lipinski definition) is 3. The maximum atomic E-state index is 5.41. The first kappa shape index (κ1) is 17.3. The number of likely N-dealkylation sites (tertiary alicyclic amines) is 1. The summed E-state index contributed by atoms with van der Waals surface area (Å²) in [5.41, 5.74) is 0. The lowest BCUT2D eigenvalue weighted by Crippen LogP contribution is -2.47. The Kier molecular flexibility index (Phi) is 6.55. The molecule has 2 saturated heterocycles. The molecule has 1 aliphatic carbocycles. The van der Waals surface area contributed by atoms with Crippen LogP contribution >= 0.6 is 24.0 Å². The van der Waals surface area contributed by atoms with Crippen molar-refractivity contribution in [3.63, 3.8) is 0 Å². The summed E-state index contributed by atoms with van der Waals surface area (Å²) in [6.45, 7) is 7.51. The molecule has 0 bridgehead atoms. The summed E-state index contributed by atoms with van der Waals surface area (Å²) in [4.78, 5) is 7.01. The van der Waals surface area contributed by atoms with E-state index in [1.807, 2.05) is 7.05 Å². The standard InChI is InChI=1S/C15H28N4O.HI/c1-11-8-19(13-3-4-13)9-14(11)18-15(16-2)17-7-12-5-6-20-10-12;/h11-14H,3-10H2,1-2H3,(H2,16,17,18);1H. The predicted molar refractivity (Wildman–Crippen MR) is 96.4 cm³/mol. The fourth-order valence-electron chi connectivity index (χ4n) is 3.29. The van der Waals surface area contributed by atoms with Crippen LogP contribution in [-0.4, -0.2) is 62.8 Å². The highest BCUT2D eigenvalue weighted by molar-refractivity contribution is 14.0. The molecule has 21 heavy (non-hydrogen) atoms. The minimum absolute atomic E-state index is 0. The molecule has 0 radical (unpaired) electrons. The molecule has 2 heterocycles. The van der Waals surface area contributed by atoms with Crippen molar-refractivity contribution in [1.82, 2.24) is 15.5 Å². The summed E-state index contributed by atoms with van der Waals surface area (Å²) in [7, 11) is 1.86. The van der Waals surface area contributed by atoms with Crippen LogP contribution in [0.15, 0.2) is 4.99 Å². The number of aliphatic imine (C=N–C) groups is 1. The topological polar surface area (TPSA) is 48.9 Å². The highest BCUT2D eigenvalue weighted by Gasteiger charge is 2.38. The van der Waals surface area contributed by atoms with Crippen LogP contribution in [0.3, 0.4) is 0 Å². The molecule has 3 aliphatic rings. The van der Waals surface area contributed by atoms with Crippen molar-refractivity contribution < 1.29 is 4.74 Å². The molecule has 5 nitrogen and oxygen atoms in total. The zero-order chi connectivity index (χ0) is 13.9. The smallest absolute Gasteiger partial charge is 0.191 e. The molecule has 3 atom stereocenters. The second-order valence-electron chi connectivity index (χ2n) is 6.60. The van der Waals surface area contributed by atoms with E-state index in [0.717, 1.165) is 31.8 Å². The quantitative estimate of drug-likeness (QED) is 0.418. The monoisotopic (exact) mass is 408 g/mol. The average Bonchev–Trinajstić information content (AvgIpc) is 3.05. The second-order valence-corrected chi connectivity index (χ2v) is 6.60. The average molecular weight is 408 g/mol. The molecule has 1 saturated carbocycles. The second kappa shape index (κ2) is 7.97. The number of rotatable bonds is 4. The molecule has 0 aromatic rings. The number of ether oxygens (including phenoxy) is 1. The molecule has 6 heteroatoms. The maximum absolute atomic E-state index is 5.41. The van der Waals surface area contributed by atoms with E-state index in [0.29, 0.717) is 17.9 Å². The van der Waals surface area contributed by atoms with Gasteiger partial charge in [-0.2, -0.15) is 0 Å². The normalized spacial score (nSPS) is 33.8. The summed E-state index contributed by atoms with van der Waals surface area (Å²) in [6, 6.07) is 1.40. The zero-order valence-corrected chi connectivity index (χ0v) is 15.5. The fraction of sp³-hybridized carbons (Fsp3) is 0.933. The summed E-state index contributed by atoms with van der Waals surface area (Å²) >= 11 is 0. The first-order valence-electron chi connectivity index (χ1n) is 8.05. The largest absolute Gasteiger partial charge is 0.381 e. The number of halogens is 1. The van der Waals surface area contributed by atoms with E-state index in [1.54, 1.807) is 0 Å². The number of nitrogens with one attached hydrogen (secondary N) is 2. The van der Waals surface area contributed by atoms with Crippen LogP contribution < -0.4 is 10.6 Å². The number of guanidine groups is 1. The molecule has 0 aromatic carbocycles. The van der Waals surface area contributed by atoms with E-state index < -0.39 is 0 Å². The third kappa shape index (κ3) is 4.69. The number of hydrogen-bond donors (Lipinski definition) is 2. The van der Waals surface area contributed by atoms with Gasteiger partial charge in [-0.3, -0.25) is 9.89 Å². The Balaban J connectivity index is 0.00000161. The molecule has 3 unspecified atom stereocenters. The first-order chi connectivity index (χ1) is 9.76. The van der Waals surface area contributed by atoms with Gasteiger partial charge in [-0.1, -0.05) is 6.92 Å². The highest BCUT2D eigenvalue weighted by Crippen LogP contribution is 2.31. The Hall–Kier alpha value is -0.0800. The molecular formula is C15H29IN4O. The van der Waals surface area contributed by atoms with Gasteiger partial charge >= 0.3 is 0 Å². The van der Waals surface area contributed by atoms with E-state index >= 15 is 0 Å². The van der Waals surface area contributed by atoms with Crippen molar-refractivity contribution in [2.45, 2.75) is 38.3 Å². The first-order valence-corrected chi connectivity index (χ1v) is 8.05. The van der Waals surface area contributed by atoms with Crippen LogP contribution in [0.2, 0.25) is 0 Å². The minimum Gasteiger partial charge on any atom is -0.381 e. The lowest BCUT2D eigenvalue weighted by Gasteiger charge is -2.21. The molecule has 3 fully saturated rings. The molecule has 0 aromatic heterocycles. The molecule has 2 aliphatic heterocycles. The van der Waals surface area contributed by atoms with E-state index in [4.69, 9.17) is 4.74 Å². The Labute approximate surface area is 145 Å². The van der Waals surface area contributed by atoms with Crippen LogP contribution in [0.25, 0.3) is 0 Å². The molecular weight excluding hydrogens is 379 g/mol. The summed E-state index contributed by atoms with van der Waals surface area (Å²) in [5.74, 6) is 2.29. The van der Waals surface area contributed by atoms with Crippen LogP contribution in [0.1, 0.15) is 26.2 Å². The van der Waals surface area contributed by atoms with Gasteiger partial charge in [0.15, 0.2) is 5.96 Å².